The Morgan fingerprint density at radius 3 is 2.23 bits per heavy atom. The Hall–Kier alpha value is -2.52. The highest BCUT2D eigenvalue weighted by Crippen LogP contribution is 2.21. The van der Waals surface area contributed by atoms with Crippen LogP contribution in [0, 0.1) is 11.3 Å². The molecule has 0 radical (unpaired) electrons. The summed E-state index contributed by atoms with van der Waals surface area (Å²) in [6.45, 7) is -0.511. The Kier molecular flexibility index (Phi) is 4.68. The van der Waals surface area contributed by atoms with Crippen LogP contribution in [0.3, 0.4) is 0 Å². The van der Waals surface area contributed by atoms with Crippen molar-refractivity contribution in [2.24, 2.45) is 0 Å². The Morgan fingerprint density at radius 1 is 1.05 bits per heavy atom. The summed E-state index contributed by atoms with van der Waals surface area (Å²) in [5.41, 5.74) is 9.09. The first kappa shape index (κ1) is 15.9. The predicted octanol–water partition coefficient (Wildman–Crippen LogP) is 3.77. The van der Waals surface area contributed by atoms with Crippen molar-refractivity contribution in [2.45, 2.75) is 19.4 Å². The average Bonchev–Trinajstić information content (AvgIpc) is 2.48. The first-order valence-electron chi connectivity index (χ1n) is 6.44. The van der Waals surface area contributed by atoms with Gasteiger partial charge in [-0.3, -0.25) is 4.74 Å². The minimum Gasteiger partial charge on any atom is -0.398 e. The molecule has 0 aliphatic heterocycles. The van der Waals surface area contributed by atoms with Gasteiger partial charge in [0, 0.05) is 5.69 Å². The minimum absolute atomic E-state index is 0.439. The standard InChI is InChI=1S/C16H13F3N2O/c17-16(18,19)22-10-12-3-1-11(2-4-12)7-14-6-5-13(9-20)8-15(14)21/h1-6,8H,7,10,21H2. The number of nitrogen functional groups attached to an aromatic ring is 1. The van der Waals surface area contributed by atoms with Gasteiger partial charge in [0.1, 0.15) is 0 Å². The molecule has 114 valence electrons. The van der Waals surface area contributed by atoms with Gasteiger partial charge in [-0.1, -0.05) is 30.3 Å². The summed E-state index contributed by atoms with van der Waals surface area (Å²) in [4.78, 5) is 0. The third-order valence-electron chi connectivity index (χ3n) is 3.10. The molecule has 0 saturated carbocycles. The maximum atomic E-state index is 12.0. The maximum absolute atomic E-state index is 12.0. The van der Waals surface area contributed by atoms with Crippen LogP contribution in [0.1, 0.15) is 22.3 Å². The number of nitrogens with zero attached hydrogens (tertiary/aromatic N) is 1. The zero-order valence-corrected chi connectivity index (χ0v) is 11.5. The van der Waals surface area contributed by atoms with Gasteiger partial charge in [-0.2, -0.15) is 5.26 Å². The molecule has 0 heterocycles. The number of rotatable bonds is 4. The Bertz CT molecular complexity index is 688. The molecule has 0 bridgehead atoms. The van der Waals surface area contributed by atoms with Gasteiger partial charge in [-0.15, -0.1) is 13.2 Å². The second kappa shape index (κ2) is 6.50. The van der Waals surface area contributed by atoms with Crippen molar-refractivity contribution in [1.29, 1.82) is 5.26 Å². The molecule has 0 fully saturated rings. The van der Waals surface area contributed by atoms with Gasteiger partial charge in [-0.25, -0.2) is 0 Å². The molecule has 3 nitrogen and oxygen atoms in total. The number of halogens is 3. The van der Waals surface area contributed by atoms with Gasteiger partial charge >= 0.3 is 6.36 Å². The molecule has 0 amide bonds. The van der Waals surface area contributed by atoms with Crippen LogP contribution >= 0.6 is 0 Å². The van der Waals surface area contributed by atoms with Crippen LogP contribution in [-0.2, 0) is 17.8 Å². The lowest BCUT2D eigenvalue weighted by molar-refractivity contribution is -0.330. The number of nitrogens with two attached hydrogens (primary N) is 1. The van der Waals surface area contributed by atoms with Crippen LogP contribution < -0.4 is 5.73 Å². The van der Waals surface area contributed by atoms with E-state index in [1.165, 1.54) is 0 Å². The normalized spacial score (nSPS) is 11.2. The summed E-state index contributed by atoms with van der Waals surface area (Å²) in [5.74, 6) is 0. The summed E-state index contributed by atoms with van der Waals surface area (Å²) in [5, 5.41) is 8.78. The fourth-order valence-electron chi connectivity index (χ4n) is 1.96. The topological polar surface area (TPSA) is 59.0 Å². The fraction of sp³-hybridized carbons (Fsp3) is 0.188. The summed E-state index contributed by atoms with van der Waals surface area (Å²) < 4.78 is 39.6. The lowest BCUT2D eigenvalue weighted by Crippen LogP contribution is -2.12. The van der Waals surface area contributed by atoms with E-state index >= 15 is 0 Å². The molecular weight excluding hydrogens is 293 g/mol. The molecule has 0 unspecified atom stereocenters. The smallest absolute Gasteiger partial charge is 0.398 e. The maximum Gasteiger partial charge on any atom is 0.522 e. The fourth-order valence-corrected chi connectivity index (χ4v) is 1.96. The van der Waals surface area contributed by atoms with E-state index in [-0.39, 0.29) is 0 Å². The molecule has 0 aliphatic rings. The number of hydrogen-bond donors (Lipinski definition) is 1. The van der Waals surface area contributed by atoms with E-state index in [1.54, 1.807) is 42.5 Å². The molecule has 2 aromatic rings. The third-order valence-corrected chi connectivity index (χ3v) is 3.10. The lowest BCUT2D eigenvalue weighted by atomic mass is 10.0. The Labute approximate surface area is 125 Å². The largest absolute Gasteiger partial charge is 0.522 e. The highest BCUT2D eigenvalue weighted by molar-refractivity contribution is 5.53. The van der Waals surface area contributed by atoms with Crippen molar-refractivity contribution >= 4 is 5.69 Å². The van der Waals surface area contributed by atoms with Gasteiger partial charge in [0.25, 0.3) is 0 Å². The highest BCUT2D eigenvalue weighted by atomic mass is 19.4. The van der Waals surface area contributed by atoms with Gasteiger partial charge in [-0.05, 0) is 35.2 Å². The molecule has 2 N–H and O–H groups in total. The lowest BCUT2D eigenvalue weighted by Gasteiger charge is -2.09. The van der Waals surface area contributed by atoms with Crippen LogP contribution in [0.25, 0.3) is 0 Å². The first-order valence-corrected chi connectivity index (χ1v) is 6.44. The monoisotopic (exact) mass is 306 g/mol. The van der Waals surface area contributed by atoms with Crippen LogP contribution in [0.5, 0.6) is 0 Å². The molecule has 0 spiro atoms. The van der Waals surface area contributed by atoms with E-state index in [9.17, 15) is 13.2 Å². The first-order chi connectivity index (χ1) is 10.4. The number of nitriles is 1. The molecule has 0 aromatic heterocycles. The number of alkyl halides is 3. The van der Waals surface area contributed by atoms with Crippen LogP contribution in [0.4, 0.5) is 18.9 Å². The second-order valence-corrected chi connectivity index (χ2v) is 4.75. The zero-order valence-electron chi connectivity index (χ0n) is 11.5. The number of benzene rings is 2. The Morgan fingerprint density at radius 2 is 1.68 bits per heavy atom. The van der Waals surface area contributed by atoms with E-state index in [2.05, 4.69) is 4.74 Å². The van der Waals surface area contributed by atoms with E-state index in [0.29, 0.717) is 23.2 Å². The van der Waals surface area contributed by atoms with Crippen molar-refractivity contribution in [1.82, 2.24) is 0 Å². The molecule has 0 atom stereocenters. The average molecular weight is 306 g/mol. The summed E-state index contributed by atoms with van der Waals surface area (Å²) >= 11 is 0. The van der Waals surface area contributed by atoms with Crippen molar-refractivity contribution in [3.8, 4) is 6.07 Å². The van der Waals surface area contributed by atoms with Gasteiger partial charge in [0.05, 0.1) is 18.2 Å². The van der Waals surface area contributed by atoms with E-state index < -0.39 is 13.0 Å². The second-order valence-electron chi connectivity index (χ2n) is 4.75. The molecule has 22 heavy (non-hydrogen) atoms. The number of hydrogen-bond acceptors (Lipinski definition) is 3. The molecule has 0 aliphatic carbocycles. The summed E-state index contributed by atoms with van der Waals surface area (Å²) in [7, 11) is 0. The summed E-state index contributed by atoms with van der Waals surface area (Å²) in [6, 6.07) is 13.7. The Balaban J connectivity index is 2.04. The quantitative estimate of drug-likeness (QED) is 0.875. The van der Waals surface area contributed by atoms with E-state index in [0.717, 1.165) is 11.1 Å². The predicted molar refractivity (Wildman–Crippen MR) is 75.7 cm³/mol. The molecule has 2 rings (SSSR count). The van der Waals surface area contributed by atoms with Crippen LogP contribution in [-0.4, -0.2) is 6.36 Å². The van der Waals surface area contributed by atoms with Gasteiger partial charge in [0.2, 0.25) is 0 Å². The molecule has 6 heteroatoms. The number of anilines is 1. The van der Waals surface area contributed by atoms with E-state index in [1.807, 2.05) is 6.07 Å². The molecule has 0 saturated heterocycles. The van der Waals surface area contributed by atoms with Crippen LogP contribution in [0.2, 0.25) is 0 Å². The van der Waals surface area contributed by atoms with Crippen molar-refractivity contribution in [2.75, 3.05) is 5.73 Å². The van der Waals surface area contributed by atoms with Gasteiger partial charge < -0.3 is 5.73 Å². The van der Waals surface area contributed by atoms with Gasteiger partial charge in [0.15, 0.2) is 0 Å². The van der Waals surface area contributed by atoms with Crippen molar-refractivity contribution in [3.63, 3.8) is 0 Å². The van der Waals surface area contributed by atoms with Crippen molar-refractivity contribution in [3.05, 3.63) is 64.7 Å². The van der Waals surface area contributed by atoms with Crippen molar-refractivity contribution < 1.29 is 17.9 Å². The summed E-state index contributed by atoms with van der Waals surface area (Å²) in [6.07, 6.45) is -4.09. The number of ether oxygens (including phenoxy) is 1. The van der Waals surface area contributed by atoms with Crippen LogP contribution in [0.15, 0.2) is 42.5 Å². The molecule has 2 aromatic carbocycles. The zero-order chi connectivity index (χ0) is 16.2. The highest BCUT2D eigenvalue weighted by Gasteiger charge is 2.28. The SMILES string of the molecule is N#Cc1ccc(Cc2ccc(COC(F)(F)F)cc2)c(N)c1. The third kappa shape index (κ3) is 4.50. The minimum atomic E-state index is -4.63. The van der Waals surface area contributed by atoms with E-state index in [4.69, 9.17) is 11.0 Å². The molecular formula is C16H13F3N2O.